The number of nitrogens with zero attached hydrogens (tertiary/aromatic N) is 3. The number of hydrogen-bond donors (Lipinski definition) is 1. The van der Waals surface area contributed by atoms with Crippen LogP contribution >= 0.6 is 34.9 Å². The van der Waals surface area contributed by atoms with Gasteiger partial charge in [-0.1, -0.05) is 23.2 Å². The number of hydrogen-bond acceptors (Lipinski definition) is 5. The Morgan fingerprint density at radius 1 is 1.30 bits per heavy atom. The summed E-state index contributed by atoms with van der Waals surface area (Å²) in [6, 6.07) is 2.70. The first-order chi connectivity index (χ1) is 9.56. The van der Waals surface area contributed by atoms with Crippen LogP contribution in [0.3, 0.4) is 0 Å². The number of halogens is 2. The summed E-state index contributed by atoms with van der Waals surface area (Å²) in [6.07, 6.45) is 1.11. The zero-order valence-electron chi connectivity index (χ0n) is 11.4. The molecular formula is C13H16Cl2N4S. The predicted octanol–water partition coefficient (Wildman–Crippen LogP) is 3.89. The number of anilines is 1. The summed E-state index contributed by atoms with van der Waals surface area (Å²) in [6.45, 7) is 6.58. The van der Waals surface area contributed by atoms with Crippen LogP contribution in [0.5, 0.6) is 0 Å². The van der Waals surface area contributed by atoms with Crippen molar-refractivity contribution in [3.63, 3.8) is 0 Å². The molecule has 1 aromatic carbocycles. The van der Waals surface area contributed by atoms with Gasteiger partial charge in [0, 0.05) is 25.2 Å². The van der Waals surface area contributed by atoms with E-state index in [1.54, 1.807) is 6.07 Å². The summed E-state index contributed by atoms with van der Waals surface area (Å²) in [5.41, 5.74) is 2.35. The molecule has 20 heavy (non-hydrogen) atoms. The first-order valence-electron chi connectivity index (χ1n) is 6.67. The van der Waals surface area contributed by atoms with Gasteiger partial charge in [-0.2, -0.15) is 8.75 Å². The van der Waals surface area contributed by atoms with Crippen LogP contribution in [0.25, 0.3) is 11.0 Å². The summed E-state index contributed by atoms with van der Waals surface area (Å²) in [7, 11) is 0. The Morgan fingerprint density at radius 3 is 2.75 bits per heavy atom. The molecule has 1 aromatic heterocycles. The van der Waals surface area contributed by atoms with E-state index in [2.05, 4.69) is 32.8 Å². The van der Waals surface area contributed by atoms with Gasteiger partial charge in [-0.05, 0) is 26.3 Å². The predicted molar refractivity (Wildman–Crippen MR) is 86.2 cm³/mol. The number of benzene rings is 1. The molecule has 1 aliphatic rings. The Morgan fingerprint density at radius 2 is 2.05 bits per heavy atom. The minimum Gasteiger partial charge on any atom is -0.378 e. The third-order valence-electron chi connectivity index (χ3n) is 3.74. The lowest BCUT2D eigenvalue weighted by atomic mass is 10.2. The van der Waals surface area contributed by atoms with Crippen molar-refractivity contribution in [3.05, 3.63) is 16.1 Å². The van der Waals surface area contributed by atoms with Crippen LogP contribution in [0.1, 0.15) is 20.3 Å². The van der Waals surface area contributed by atoms with Crippen molar-refractivity contribution in [2.45, 2.75) is 32.4 Å². The molecule has 4 nitrogen and oxygen atoms in total. The number of nitrogens with one attached hydrogen (secondary N) is 1. The largest absolute Gasteiger partial charge is 0.378 e. The maximum absolute atomic E-state index is 6.32. The number of fused-ring (bicyclic) bond motifs is 1. The summed E-state index contributed by atoms with van der Waals surface area (Å²) in [5.74, 6) is 0. The van der Waals surface area contributed by atoms with Gasteiger partial charge in [0.25, 0.3) is 0 Å². The van der Waals surface area contributed by atoms with Crippen molar-refractivity contribution in [1.29, 1.82) is 0 Å². The summed E-state index contributed by atoms with van der Waals surface area (Å²) >= 11 is 13.6. The fourth-order valence-electron chi connectivity index (χ4n) is 2.59. The third kappa shape index (κ3) is 2.60. The summed E-state index contributed by atoms with van der Waals surface area (Å²) in [4.78, 5) is 2.46. The maximum Gasteiger partial charge on any atom is 0.130 e. The molecule has 108 valence electrons. The number of aromatic nitrogens is 2. The van der Waals surface area contributed by atoms with Gasteiger partial charge in [-0.3, -0.25) is 4.90 Å². The molecule has 0 spiro atoms. The number of likely N-dealkylation sites (tertiary alicyclic amines) is 1. The Labute approximate surface area is 132 Å². The van der Waals surface area contributed by atoms with Crippen molar-refractivity contribution in [1.82, 2.24) is 13.6 Å². The van der Waals surface area contributed by atoms with Crippen LogP contribution in [-0.2, 0) is 0 Å². The topological polar surface area (TPSA) is 41.0 Å². The van der Waals surface area contributed by atoms with E-state index >= 15 is 0 Å². The van der Waals surface area contributed by atoms with E-state index < -0.39 is 0 Å². The minimum absolute atomic E-state index is 0.390. The van der Waals surface area contributed by atoms with Crippen molar-refractivity contribution >= 4 is 51.7 Å². The van der Waals surface area contributed by atoms with Crippen LogP contribution in [-0.4, -0.2) is 38.8 Å². The molecule has 3 rings (SSSR count). The second kappa shape index (κ2) is 5.64. The molecule has 0 aliphatic carbocycles. The van der Waals surface area contributed by atoms with Gasteiger partial charge in [0.2, 0.25) is 0 Å². The highest BCUT2D eigenvalue weighted by Gasteiger charge is 2.25. The van der Waals surface area contributed by atoms with Crippen LogP contribution in [0, 0.1) is 0 Å². The highest BCUT2D eigenvalue weighted by atomic mass is 35.5. The fraction of sp³-hybridized carbons (Fsp3) is 0.538. The van der Waals surface area contributed by atoms with Gasteiger partial charge in [-0.25, -0.2) is 0 Å². The van der Waals surface area contributed by atoms with Crippen molar-refractivity contribution in [3.8, 4) is 0 Å². The quantitative estimate of drug-likeness (QED) is 0.926. The molecular weight excluding hydrogens is 315 g/mol. The first-order valence-corrected chi connectivity index (χ1v) is 8.15. The standard InChI is InChI=1S/C13H16Cl2N4S/c1-7(2)19-4-3-8(6-19)16-11-9(14)5-10(15)12-13(11)18-20-17-12/h5,7-8,16H,3-4,6H2,1-2H3. The zero-order valence-corrected chi connectivity index (χ0v) is 13.7. The Balaban J connectivity index is 1.87. The summed E-state index contributed by atoms with van der Waals surface area (Å²) < 4.78 is 8.55. The summed E-state index contributed by atoms with van der Waals surface area (Å²) in [5, 5.41) is 4.69. The average molecular weight is 331 g/mol. The van der Waals surface area contributed by atoms with E-state index in [0.29, 0.717) is 22.1 Å². The highest BCUT2D eigenvalue weighted by Crippen LogP contribution is 2.36. The maximum atomic E-state index is 6.32. The van der Waals surface area contributed by atoms with E-state index in [0.717, 1.165) is 48.0 Å². The van der Waals surface area contributed by atoms with Gasteiger partial charge in [0.1, 0.15) is 11.0 Å². The minimum atomic E-state index is 0.390. The molecule has 7 heteroatoms. The van der Waals surface area contributed by atoms with Crippen molar-refractivity contribution < 1.29 is 0 Å². The molecule has 1 unspecified atom stereocenters. The lowest BCUT2D eigenvalue weighted by Crippen LogP contribution is -2.31. The van der Waals surface area contributed by atoms with Gasteiger partial charge < -0.3 is 5.32 Å². The SMILES string of the molecule is CC(C)N1CCC(Nc2c(Cl)cc(Cl)c3nsnc23)C1. The van der Waals surface area contributed by atoms with E-state index in [1.165, 1.54) is 0 Å². The van der Waals surface area contributed by atoms with E-state index in [-0.39, 0.29) is 0 Å². The molecule has 0 saturated carbocycles. The van der Waals surface area contributed by atoms with E-state index in [9.17, 15) is 0 Å². The second-order valence-electron chi connectivity index (χ2n) is 5.40. The molecule has 0 bridgehead atoms. The molecule has 2 heterocycles. The highest BCUT2D eigenvalue weighted by molar-refractivity contribution is 7.00. The molecule has 1 atom stereocenters. The molecule has 1 aliphatic heterocycles. The van der Waals surface area contributed by atoms with Gasteiger partial charge in [0.15, 0.2) is 0 Å². The zero-order chi connectivity index (χ0) is 14.3. The molecule has 1 N–H and O–H groups in total. The molecule has 0 amide bonds. The van der Waals surface area contributed by atoms with Gasteiger partial charge in [-0.15, -0.1) is 0 Å². The second-order valence-corrected chi connectivity index (χ2v) is 6.74. The van der Waals surface area contributed by atoms with Crippen molar-refractivity contribution in [2.24, 2.45) is 0 Å². The average Bonchev–Trinajstić information content (AvgIpc) is 3.03. The van der Waals surface area contributed by atoms with E-state index in [4.69, 9.17) is 23.2 Å². The lowest BCUT2D eigenvalue weighted by Gasteiger charge is -2.21. The molecule has 2 aromatic rings. The monoisotopic (exact) mass is 330 g/mol. The van der Waals surface area contributed by atoms with Gasteiger partial charge in [0.05, 0.1) is 27.5 Å². The third-order valence-corrected chi connectivity index (χ3v) is 4.86. The lowest BCUT2D eigenvalue weighted by molar-refractivity contribution is 0.274. The van der Waals surface area contributed by atoms with Crippen LogP contribution in [0.4, 0.5) is 5.69 Å². The molecule has 1 saturated heterocycles. The fourth-order valence-corrected chi connectivity index (χ4v) is 3.76. The van der Waals surface area contributed by atoms with Crippen LogP contribution in [0.15, 0.2) is 6.07 Å². The Bertz CT molecular complexity index is 628. The Hall–Kier alpha value is -0.620. The van der Waals surface area contributed by atoms with E-state index in [1.807, 2.05) is 0 Å². The normalized spacial score (nSPS) is 20.1. The van der Waals surface area contributed by atoms with Crippen LogP contribution < -0.4 is 5.32 Å². The number of rotatable bonds is 3. The molecule has 1 fully saturated rings. The van der Waals surface area contributed by atoms with Gasteiger partial charge >= 0.3 is 0 Å². The first kappa shape index (κ1) is 14.3. The smallest absolute Gasteiger partial charge is 0.130 e. The molecule has 0 radical (unpaired) electrons. The van der Waals surface area contributed by atoms with Crippen molar-refractivity contribution in [2.75, 3.05) is 18.4 Å². The van der Waals surface area contributed by atoms with Crippen LogP contribution in [0.2, 0.25) is 10.0 Å². The Kier molecular flexibility index (Phi) is 4.04.